The lowest BCUT2D eigenvalue weighted by Gasteiger charge is -2.16. The fraction of sp³-hybridized carbons (Fsp3) is 0.385. The molecule has 0 radical (unpaired) electrons. The SMILES string of the molecule is C[C@@H]1C(=O)NC[C@H]1c1c(F)cc(OC(F)F)cc1F.O=C=O. The van der Waals surface area contributed by atoms with Crippen LogP contribution < -0.4 is 10.1 Å². The Bertz CT molecular complexity index is 564. The Morgan fingerprint density at radius 3 is 2.14 bits per heavy atom. The molecule has 0 bridgehead atoms. The van der Waals surface area contributed by atoms with Gasteiger partial charge < -0.3 is 10.1 Å². The van der Waals surface area contributed by atoms with Crippen molar-refractivity contribution in [1.82, 2.24) is 5.32 Å². The van der Waals surface area contributed by atoms with Gasteiger partial charge in [-0.1, -0.05) is 6.92 Å². The molecule has 1 aliphatic heterocycles. The maximum atomic E-state index is 13.8. The Morgan fingerprint density at radius 1 is 1.27 bits per heavy atom. The summed E-state index contributed by atoms with van der Waals surface area (Å²) in [4.78, 5) is 27.6. The molecule has 1 aliphatic rings. The Kier molecular flexibility index (Phi) is 6.06. The Labute approximate surface area is 122 Å². The second-order valence-electron chi connectivity index (χ2n) is 4.40. The summed E-state index contributed by atoms with van der Waals surface area (Å²) in [5.74, 6) is -4.11. The minimum absolute atomic E-state index is 0.114. The van der Waals surface area contributed by atoms with Gasteiger partial charge >= 0.3 is 12.8 Å². The van der Waals surface area contributed by atoms with Gasteiger partial charge in [0.1, 0.15) is 17.4 Å². The molecule has 1 saturated heterocycles. The van der Waals surface area contributed by atoms with Crippen molar-refractivity contribution in [2.24, 2.45) is 5.92 Å². The number of nitrogens with one attached hydrogen (secondary N) is 1. The van der Waals surface area contributed by atoms with Crippen molar-refractivity contribution in [2.45, 2.75) is 19.5 Å². The number of hydrogen-bond acceptors (Lipinski definition) is 4. The zero-order valence-corrected chi connectivity index (χ0v) is 11.2. The summed E-state index contributed by atoms with van der Waals surface area (Å²) in [6.45, 7) is -1.49. The standard InChI is InChI=1S/C12H11F4NO2.CO2/c1-5-7(4-17-11(5)18)10-8(13)2-6(3-9(10)14)19-12(15)16;2-1-3/h2-3,5,7,12H,4H2,1H3,(H,17,18);/t5-,7+;/m0./s1. The van der Waals surface area contributed by atoms with Gasteiger partial charge in [-0.2, -0.15) is 18.4 Å². The van der Waals surface area contributed by atoms with Crippen molar-refractivity contribution >= 4 is 12.1 Å². The number of carbonyl (C=O) groups excluding carboxylic acids is 3. The number of carbonyl (C=O) groups is 1. The predicted molar refractivity (Wildman–Crippen MR) is 62.9 cm³/mol. The molecule has 1 aromatic rings. The smallest absolute Gasteiger partial charge is 0.387 e. The Balaban J connectivity index is 0.000000745. The van der Waals surface area contributed by atoms with E-state index in [1.54, 1.807) is 6.92 Å². The van der Waals surface area contributed by atoms with Crippen LogP contribution >= 0.6 is 0 Å². The molecular formula is C13H11F4NO4. The predicted octanol–water partition coefficient (Wildman–Crippen LogP) is 1.83. The van der Waals surface area contributed by atoms with Gasteiger partial charge in [-0.15, -0.1) is 0 Å². The summed E-state index contributed by atoms with van der Waals surface area (Å²) >= 11 is 0. The summed E-state index contributed by atoms with van der Waals surface area (Å²) in [7, 11) is 0. The molecule has 9 heteroatoms. The highest BCUT2D eigenvalue weighted by atomic mass is 19.3. The molecule has 2 rings (SSSR count). The highest BCUT2D eigenvalue weighted by Crippen LogP contribution is 2.34. The van der Waals surface area contributed by atoms with E-state index in [1.807, 2.05) is 0 Å². The summed E-state index contributed by atoms with van der Waals surface area (Å²) in [6, 6.07) is 1.39. The average molecular weight is 321 g/mol. The molecule has 2 atom stereocenters. The molecule has 22 heavy (non-hydrogen) atoms. The van der Waals surface area contributed by atoms with Crippen LogP contribution in [0.5, 0.6) is 5.75 Å². The molecule has 0 unspecified atom stereocenters. The first-order valence-electron chi connectivity index (χ1n) is 6.02. The molecule has 0 aromatic heterocycles. The van der Waals surface area contributed by atoms with Crippen molar-refractivity contribution in [1.29, 1.82) is 0 Å². The van der Waals surface area contributed by atoms with Crippen LogP contribution in [0.15, 0.2) is 12.1 Å². The van der Waals surface area contributed by atoms with E-state index in [0.717, 1.165) is 0 Å². The number of rotatable bonds is 3. The molecule has 0 spiro atoms. The van der Waals surface area contributed by atoms with Gasteiger partial charge in [0.25, 0.3) is 0 Å². The first-order chi connectivity index (χ1) is 10.3. The molecule has 5 nitrogen and oxygen atoms in total. The van der Waals surface area contributed by atoms with Crippen LogP contribution in [-0.4, -0.2) is 25.2 Å². The van der Waals surface area contributed by atoms with E-state index >= 15 is 0 Å². The van der Waals surface area contributed by atoms with Crippen LogP contribution in [-0.2, 0) is 14.4 Å². The molecule has 1 N–H and O–H groups in total. The minimum Gasteiger partial charge on any atom is -0.435 e. The van der Waals surface area contributed by atoms with Gasteiger partial charge in [0.15, 0.2) is 0 Å². The van der Waals surface area contributed by atoms with Crippen LogP contribution in [0.1, 0.15) is 18.4 Å². The minimum atomic E-state index is -3.15. The van der Waals surface area contributed by atoms with Crippen molar-refractivity contribution in [3.63, 3.8) is 0 Å². The van der Waals surface area contributed by atoms with Gasteiger partial charge in [0.05, 0.1) is 0 Å². The zero-order valence-electron chi connectivity index (χ0n) is 11.2. The maximum Gasteiger partial charge on any atom is 0.387 e. The molecule has 1 heterocycles. The van der Waals surface area contributed by atoms with E-state index in [-0.39, 0.29) is 24.2 Å². The van der Waals surface area contributed by atoms with Gasteiger partial charge in [-0.3, -0.25) is 4.79 Å². The van der Waals surface area contributed by atoms with E-state index in [0.29, 0.717) is 12.1 Å². The summed E-state index contributed by atoms with van der Waals surface area (Å²) < 4.78 is 55.5. The molecule has 0 saturated carbocycles. The largest absolute Gasteiger partial charge is 0.435 e. The number of halogens is 4. The van der Waals surface area contributed by atoms with E-state index in [1.165, 1.54) is 0 Å². The number of hydrogen-bond donors (Lipinski definition) is 1. The molecule has 1 fully saturated rings. The van der Waals surface area contributed by atoms with E-state index < -0.39 is 35.8 Å². The van der Waals surface area contributed by atoms with Crippen LogP contribution in [0.2, 0.25) is 0 Å². The third-order valence-electron chi connectivity index (χ3n) is 3.16. The van der Waals surface area contributed by atoms with E-state index in [4.69, 9.17) is 9.59 Å². The van der Waals surface area contributed by atoms with Crippen molar-refractivity contribution in [3.05, 3.63) is 29.3 Å². The van der Waals surface area contributed by atoms with Crippen molar-refractivity contribution in [2.75, 3.05) is 6.54 Å². The number of ether oxygens (including phenoxy) is 1. The number of amides is 1. The van der Waals surface area contributed by atoms with Gasteiger partial charge in [-0.25, -0.2) is 8.78 Å². The average Bonchev–Trinajstić information content (AvgIpc) is 2.70. The van der Waals surface area contributed by atoms with Crippen molar-refractivity contribution < 1.29 is 36.7 Å². The third-order valence-corrected chi connectivity index (χ3v) is 3.16. The Hall–Kier alpha value is -2.41. The van der Waals surface area contributed by atoms with Gasteiger partial charge in [0.2, 0.25) is 5.91 Å². The maximum absolute atomic E-state index is 13.8. The quantitative estimate of drug-likeness (QED) is 0.862. The lowest BCUT2D eigenvalue weighted by Crippen LogP contribution is -2.17. The normalized spacial score (nSPS) is 20.0. The monoisotopic (exact) mass is 321 g/mol. The van der Waals surface area contributed by atoms with Crippen LogP contribution in [0.3, 0.4) is 0 Å². The molecule has 120 valence electrons. The first kappa shape index (κ1) is 17.6. The van der Waals surface area contributed by atoms with E-state index in [9.17, 15) is 22.4 Å². The number of benzene rings is 1. The molecule has 1 aromatic carbocycles. The van der Waals surface area contributed by atoms with Crippen LogP contribution in [0.25, 0.3) is 0 Å². The summed E-state index contributed by atoms with van der Waals surface area (Å²) in [5.41, 5.74) is -0.285. The topological polar surface area (TPSA) is 72.5 Å². The lowest BCUT2D eigenvalue weighted by molar-refractivity contribution is -0.191. The van der Waals surface area contributed by atoms with E-state index in [2.05, 4.69) is 10.1 Å². The van der Waals surface area contributed by atoms with Gasteiger partial charge in [-0.05, 0) is 0 Å². The second-order valence-corrected chi connectivity index (χ2v) is 4.40. The van der Waals surface area contributed by atoms with Crippen LogP contribution in [0.4, 0.5) is 17.6 Å². The third kappa shape index (κ3) is 4.05. The lowest BCUT2D eigenvalue weighted by atomic mass is 9.89. The molecular weight excluding hydrogens is 310 g/mol. The summed E-state index contributed by atoms with van der Waals surface area (Å²) in [6.07, 6.45) is 0.250. The molecule has 1 amide bonds. The highest BCUT2D eigenvalue weighted by molar-refractivity contribution is 5.82. The fourth-order valence-electron chi connectivity index (χ4n) is 2.17. The molecule has 0 aliphatic carbocycles. The Morgan fingerprint density at radius 2 is 1.77 bits per heavy atom. The summed E-state index contributed by atoms with van der Waals surface area (Å²) in [5, 5.41) is 2.50. The van der Waals surface area contributed by atoms with Crippen molar-refractivity contribution in [3.8, 4) is 5.75 Å². The van der Waals surface area contributed by atoms with Gasteiger partial charge in [0, 0.05) is 36.1 Å². The number of alkyl halides is 2. The van der Waals surface area contributed by atoms with Crippen LogP contribution in [0, 0.1) is 17.6 Å². The highest BCUT2D eigenvalue weighted by Gasteiger charge is 2.35. The first-order valence-corrected chi connectivity index (χ1v) is 6.02. The second kappa shape index (κ2) is 7.56. The fourth-order valence-corrected chi connectivity index (χ4v) is 2.17. The zero-order chi connectivity index (χ0) is 16.9.